The van der Waals surface area contributed by atoms with Crippen LogP contribution in [0.2, 0.25) is 0 Å². The van der Waals surface area contributed by atoms with Crippen molar-refractivity contribution in [2.24, 2.45) is 0 Å². The van der Waals surface area contributed by atoms with Gasteiger partial charge >= 0.3 is 0 Å². The molecule has 0 atom stereocenters. The predicted octanol–water partition coefficient (Wildman–Crippen LogP) is 3.26. The molecule has 8 nitrogen and oxygen atoms in total. The Morgan fingerprint density at radius 2 is 1.82 bits per heavy atom. The monoisotopic (exact) mass is 474 g/mol. The van der Waals surface area contributed by atoms with Crippen molar-refractivity contribution in [1.29, 1.82) is 0 Å². The highest BCUT2D eigenvalue weighted by Gasteiger charge is 2.14. The van der Waals surface area contributed by atoms with Crippen LogP contribution >= 0.6 is 0 Å². The molecule has 0 bridgehead atoms. The van der Waals surface area contributed by atoms with Crippen LogP contribution in [0.25, 0.3) is 11.4 Å². The molecule has 0 aliphatic heterocycles. The lowest BCUT2D eigenvalue weighted by molar-refractivity contribution is -0.121. The second-order valence-electron chi connectivity index (χ2n) is 8.10. The number of rotatable bonds is 10. The summed E-state index contributed by atoms with van der Waals surface area (Å²) in [6, 6.07) is 11.4. The zero-order chi connectivity index (χ0) is 24.0. The maximum atomic E-state index is 13.4. The third kappa shape index (κ3) is 7.47. The fourth-order valence-corrected chi connectivity index (χ4v) is 4.57. The average Bonchev–Trinajstić information content (AvgIpc) is 3.21. The molecule has 1 aromatic heterocycles. The maximum absolute atomic E-state index is 13.4. The van der Waals surface area contributed by atoms with E-state index in [0.29, 0.717) is 35.0 Å². The Morgan fingerprint density at radius 1 is 1.12 bits per heavy atom. The van der Waals surface area contributed by atoms with E-state index in [-0.39, 0.29) is 36.4 Å². The Bertz CT molecular complexity index is 1210. The van der Waals surface area contributed by atoms with Gasteiger partial charge in [-0.2, -0.15) is 4.98 Å². The summed E-state index contributed by atoms with van der Waals surface area (Å²) in [6.45, 7) is 5.52. The highest BCUT2D eigenvalue weighted by molar-refractivity contribution is 7.88. The van der Waals surface area contributed by atoms with Crippen molar-refractivity contribution < 1.29 is 22.1 Å². The predicted molar refractivity (Wildman–Crippen MR) is 122 cm³/mol. The molecule has 0 aliphatic carbocycles. The van der Waals surface area contributed by atoms with Crippen LogP contribution in [0.3, 0.4) is 0 Å². The number of amides is 1. The summed E-state index contributed by atoms with van der Waals surface area (Å²) in [7, 11) is -3.38. The molecule has 2 N–H and O–H groups in total. The fourth-order valence-electron chi connectivity index (χ4n) is 3.14. The van der Waals surface area contributed by atoms with Crippen LogP contribution in [0.1, 0.15) is 42.8 Å². The summed E-state index contributed by atoms with van der Waals surface area (Å²) in [6.07, 6.45) is 0.444. The van der Waals surface area contributed by atoms with Crippen LogP contribution in [-0.2, 0) is 33.5 Å². The van der Waals surface area contributed by atoms with Crippen LogP contribution in [-0.4, -0.2) is 30.5 Å². The summed E-state index contributed by atoms with van der Waals surface area (Å²) in [5, 5.41) is 6.70. The smallest absolute Gasteiger partial charge is 0.227 e. The Morgan fingerprint density at radius 3 is 2.48 bits per heavy atom. The van der Waals surface area contributed by atoms with E-state index in [4.69, 9.17) is 4.52 Å². The van der Waals surface area contributed by atoms with E-state index >= 15 is 0 Å². The minimum absolute atomic E-state index is 0.0958. The van der Waals surface area contributed by atoms with Gasteiger partial charge in [-0.15, -0.1) is 0 Å². The van der Waals surface area contributed by atoms with Gasteiger partial charge in [-0.25, -0.2) is 17.5 Å². The molecule has 2 aromatic carbocycles. The van der Waals surface area contributed by atoms with Gasteiger partial charge in [0.05, 0.1) is 5.75 Å². The molecular weight excluding hydrogens is 447 g/mol. The van der Waals surface area contributed by atoms with Gasteiger partial charge in [0, 0.05) is 31.0 Å². The molecule has 3 aromatic rings. The van der Waals surface area contributed by atoms with Crippen molar-refractivity contribution in [3.63, 3.8) is 0 Å². The number of nitrogens with zero attached hydrogens (tertiary/aromatic N) is 2. The van der Waals surface area contributed by atoms with E-state index in [1.54, 1.807) is 57.2 Å². The largest absolute Gasteiger partial charge is 0.352 e. The van der Waals surface area contributed by atoms with Crippen LogP contribution < -0.4 is 10.0 Å². The van der Waals surface area contributed by atoms with Crippen LogP contribution in [0.5, 0.6) is 0 Å². The molecule has 0 saturated carbocycles. The zero-order valence-corrected chi connectivity index (χ0v) is 19.6. The van der Waals surface area contributed by atoms with Crippen molar-refractivity contribution in [2.45, 2.75) is 52.0 Å². The number of nitrogens with one attached hydrogen (secondary N) is 2. The third-order valence-corrected chi connectivity index (χ3v) is 6.28. The number of hydrogen-bond acceptors (Lipinski definition) is 6. The van der Waals surface area contributed by atoms with E-state index < -0.39 is 10.0 Å². The summed E-state index contributed by atoms with van der Waals surface area (Å²) in [5.74, 6) is 0.0885. The van der Waals surface area contributed by atoms with Crippen molar-refractivity contribution in [3.05, 3.63) is 70.9 Å². The third-order valence-electron chi connectivity index (χ3n) is 4.73. The minimum atomic E-state index is -3.38. The number of hydrogen-bond donors (Lipinski definition) is 2. The summed E-state index contributed by atoms with van der Waals surface area (Å²) < 4.78 is 45.2. The number of carbonyl (C=O) groups excluding carboxylic acids is 1. The van der Waals surface area contributed by atoms with Gasteiger partial charge in [0.25, 0.3) is 0 Å². The lowest BCUT2D eigenvalue weighted by Gasteiger charge is -2.10. The number of benzene rings is 2. The highest BCUT2D eigenvalue weighted by atomic mass is 32.2. The first-order chi connectivity index (χ1) is 15.6. The zero-order valence-electron chi connectivity index (χ0n) is 18.8. The lowest BCUT2D eigenvalue weighted by Crippen LogP contribution is -2.31. The number of sulfonamides is 1. The van der Waals surface area contributed by atoms with E-state index in [9.17, 15) is 17.6 Å². The summed E-state index contributed by atoms with van der Waals surface area (Å²) >= 11 is 0. The molecule has 0 saturated heterocycles. The van der Waals surface area contributed by atoms with Crippen LogP contribution in [0.15, 0.2) is 47.0 Å². The van der Waals surface area contributed by atoms with Gasteiger partial charge in [0.15, 0.2) is 0 Å². The molecule has 33 heavy (non-hydrogen) atoms. The number of carbonyl (C=O) groups is 1. The Hall–Kier alpha value is -3.11. The van der Waals surface area contributed by atoms with Crippen LogP contribution in [0.4, 0.5) is 4.39 Å². The molecule has 0 unspecified atom stereocenters. The van der Waals surface area contributed by atoms with E-state index in [2.05, 4.69) is 20.2 Å². The molecule has 0 fully saturated rings. The van der Waals surface area contributed by atoms with Gasteiger partial charge in [-0.3, -0.25) is 4.79 Å². The van der Waals surface area contributed by atoms with Crippen molar-refractivity contribution in [1.82, 2.24) is 20.2 Å². The molecule has 1 amide bonds. The van der Waals surface area contributed by atoms with Crippen LogP contribution in [0, 0.1) is 12.7 Å². The number of halogens is 1. The Balaban J connectivity index is 1.46. The van der Waals surface area contributed by atoms with Gasteiger partial charge in [-0.05, 0) is 55.7 Å². The second kappa shape index (κ2) is 10.7. The quantitative estimate of drug-likeness (QED) is 0.466. The second-order valence-corrected chi connectivity index (χ2v) is 9.85. The SMILES string of the molecule is Cc1cc(-c2noc(CCC(=O)NCc3ccc(CS(=O)(=O)NC(C)C)cc3)n2)ccc1F. The van der Waals surface area contributed by atoms with E-state index in [1.165, 1.54) is 6.07 Å². The normalized spacial score (nSPS) is 11.7. The summed E-state index contributed by atoms with van der Waals surface area (Å²) in [5.41, 5.74) is 2.65. The molecule has 3 rings (SSSR count). The fraction of sp³-hybridized carbons (Fsp3) is 0.348. The average molecular weight is 475 g/mol. The Kier molecular flexibility index (Phi) is 7.93. The first-order valence-corrected chi connectivity index (χ1v) is 12.2. The van der Waals surface area contributed by atoms with Crippen molar-refractivity contribution >= 4 is 15.9 Å². The standard InChI is InChI=1S/C23H27FN4O4S/c1-15(2)28-33(30,31)14-18-6-4-17(5-7-18)13-25-21(29)10-11-22-26-23(27-32-22)19-8-9-20(24)16(3)12-19/h4-9,12,15,28H,10-11,13-14H2,1-3H3,(H,25,29). The summed E-state index contributed by atoms with van der Waals surface area (Å²) in [4.78, 5) is 16.4. The van der Waals surface area contributed by atoms with Crippen molar-refractivity contribution in [3.8, 4) is 11.4 Å². The Labute approximate surface area is 192 Å². The number of aromatic nitrogens is 2. The van der Waals surface area contributed by atoms with Gasteiger partial charge in [-0.1, -0.05) is 29.4 Å². The first kappa shape index (κ1) is 24.5. The van der Waals surface area contributed by atoms with Gasteiger partial charge in [0.1, 0.15) is 5.82 Å². The maximum Gasteiger partial charge on any atom is 0.227 e. The molecule has 0 spiro atoms. The molecule has 1 heterocycles. The topological polar surface area (TPSA) is 114 Å². The molecule has 0 aliphatic rings. The minimum Gasteiger partial charge on any atom is -0.352 e. The van der Waals surface area contributed by atoms with Gasteiger partial charge in [0.2, 0.25) is 27.6 Å². The molecule has 176 valence electrons. The lowest BCUT2D eigenvalue weighted by atomic mass is 10.1. The molecule has 0 radical (unpaired) electrons. The molecule has 10 heteroatoms. The number of aryl methyl sites for hydroxylation is 2. The van der Waals surface area contributed by atoms with E-state index in [0.717, 1.165) is 5.56 Å². The van der Waals surface area contributed by atoms with Gasteiger partial charge < -0.3 is 9.84 Å². The molecular formula is C23H27FN4O4S. The van der Waals surface area contributed by atoms with Crippen molar-refractivity contribution in [2.75, 3.05) is 0 Å². The first-order valence-electron chi connectivity index (χ1n) is 10.5. The highest BCUT2D eigenvalue weighted by Crippen LogP contribution is 2.19. The van der Waals surface area contributed by atoms with E-state index in [1.807, 2.05) is 0 Å².